The molecular weight excluding hydrogens is 272 g/mol. The molecule has 2 aromatic rings. The fraction of sp³-hybridized carbons (Fsp3) is 0.294. The van der Waals surface area contributed by atoms with E-state index in [-0.39, 0.29) is 6.61 Å². The predicted molar refractivity (Wildman–Crippen MR) is 79.2 cm³/mol. The van der Waals surface area contributed by atoms with E-state index in [0.29, 0.717) is 12.1 Å². The number of nitrogens with one attached hydrogen (secondary N) is 1. The Bertz CT molecular complexity index is 614. The standard InChI is InChI=1S/C17H19F2NO/c1-3-20-10-14-6-4-5-12(2)17(14)21-11-13-7-8-15(18)16(19)9-13/h4-9,20H,3,10-11H2,1-2H3. The molecule has 112 valence electrons. The van der Waals surface area contributed by atoms with Crippen LogP contribution in [0.4, 0.5) is 8.78 Å². The Morgan fingerprint density at radius 2 is 1.90 bits per heavy atom. The van der Waals surface area contributed by atoms with Crippen LogP contribution in [0.1, 0.15) is 23.6 Å². The van der Waals surface area contributed by atoms with E-state index in [4.69, 9.17) is 4.74 Å². The monoisotopic (exact) mass is 291 g/mol. The summed E-state index contributed by atoms with van der Waals surface area (Å²) in [5, 5.41) is 3.26. The van der Waals surface area contributed by atoms with Crippen LogP contribution in [0.3, 0.4) is 0 Å². The second kappa shape index (κ2) is 7.18. The molecule has 0 atom stereocenters. The van der Waals surface area contributed by atoms with E-state index in [2.05, 4.69) is 5.32 Å². The summed E-state index contributed by atoms with van der Waals surface area (Å²) in [4.78, 5) is 0. The molecule has 2 nitrogen and oxygen atoms in total. The van der Waals surface area contributed by atoms with Gasteiger partial charge in [-0.05, 0) is 36.7 Å². The first kappa shape index (κ1) is 15.4. The summed E-state index contributed by atoms with van der Waals surface area (Å²) < 4.78 is 31.9. The SMILES string of the molecule is CCNCc1cccc(C)c1OCc1ccc(F)c(F)c1. The van der Waals surface area contributed by atoms with E-state index in [1.54, 1.807) is 0 Å². The molecule has 0 unspecified atom stereocenters. The van der Waals surface area contributed by atoms with Gasteiger partial charge in [-0.15, -0.1) is 0 Å². The third-order valence-corrected chi connectivity index (χ3v) is 3.23. The van der Waals surface area contributed by atoms with Crippen molar-refractivity contribution in [3.63, 3.8) is 0 Å². The summed E-state index contributed by atoms with van der Waals surface area (Å²) in [6.07, 6.45) is 0. The molecule has 0 aliphatic rings. The van der Waals surface area contributed by atoms with Gasteiger partial charge in [-0.2, -0.15) is 0 Å². The Kier molecular flexibility index (Phi) is 5.28. The van der Waals surface area contributed by atoms with Crippen LogP contribution in [0.15, 0.2) is 36.4 Å². The van der Waals surface area contributed by atoms with Crippen LogP contribution < -0.4 is 10.1 Å². The highest BCUT2D eigenvalue weighted by atomic mass is 19.2. The minimum absolute atomic E-state index is 0.210. The molecule has 0 spiro atoms. The van der Waals surface area contributed by atoms with E-state index < -0.39 is 11.6 Å². The van der Waals surface area contributed by atoms with Crippen molar-refractivity contribution in [3.05, 3.63) is 64.7 Å². The molecule has 0 saturated carbocycles. The van der Waals surface area contributed by atoms with E-state index in [9.17, 15) is 8.78 Å². The molecule has 0 aliphatic carbocycles. The fourth-order valence-electron chi connectivity index (χ4n) is 2.10. The van der Waals surface area contributed by atoms with Crippen molar-refractivity contribution in [2.75, 3.05) is 6.54 Å². The van der Waals surface area contributed by atoms with Gasteiger partial charge in [-0.3, -0.25) is 0 Å². The number of aryl methyl sites for hydroxylation is 1. The van der Waals surface area contributed by atoms with Crippen LogP contribution in [0.2, 0.25) is 0 Å². The summed E-state index contributed by atoms with van der Waals surface area (Å²) in [5.74, 6) is -0.903. The molecule has 0 heterocycles. The van der Waals surface area contributed by atoms with Crippen molar-refractivity contribution in [3.8, 4) is 5.75 Å². The van der Waals surface area contributed by atoms with E-state index in [1.807, 2.05) is 32.0 Å². The van der Waals surface area contributed by atoms with Crippen molar-refractivity contribution in [2.24, 2.45) is 0 Å². The average Bonchev–Trinajstić information content (AvgIpc) is 2.47. The third kappa shape index (κ3) is 4.02. The Morgan fingerprint density at radius 1 is 1.10 bits per heavy atom. The number of para-hydroxylation sites is 1. The molecule has 0 aliphatic heterocycles. The highest BCUT2D eigenvalue weighted by Gasteiger charge is 2.08. The zero-order chi connectivity index (χ0) is 15.2. The van der Waals surface area contributed by atoms with Crippen LogP contribution in [0, 0.1) is 18.6 Å². The van der Waals surface area contributed by atoms with E-state index in [0.717, 1.165) is 35.6 Å². The predicted octanol–water partition coefficient (Wildman–Crippen LogP) is 3.96. The highest BCUT2D eigenvalue weighted by Crippen LogP contribution is 2.24. The normalized spacial score (nSPS) is 10.7. The van der Waals surface area contributed by atoms with Crippen molar-refractivity contribution >= 4 is 0 Å². The molecule has 0 aromatic heterocycles. The molecule has 0 fully saturated rings. The minimum Gasteiger partial charge on any atom is -0.488 e. The number of hydrogen-bond acceptors (Lipinski definition) is 2. The quantitative estimate of drug-likeness (QED) is 0.869. The van der Waals surface area contributed by atoms with Gasteiger partial charge >= 0.3 is 0 Å². The molecular formula is C17H19F2NO. The third-order valence-electron chi connectivity index (χ3n) is 3.23. The minimum atomic E-state index is -0.853. The van der Waals surface area contributed by atoms with Gasteiger partial charge in [0.1, 0.15) is 12.4 Å². The Morgan fingerprint density at radius 3 is 2.62 bits per heavy atom. The van der Waals surface area contributed by atoms with Crippen LogP contribution in [-0.4, -0.2) is 6.54 Å². The van der Waals surface area contributed by atoms with Crippen molar-refractivity contribution < 1.29 is 13.5 Å². The lowest BCUT2D eigenvalue weighted by atomic mass is 10.1. The maximum atomic E-state index is 13.2. The van der Waals surface area contributed by atoms with Crippen molar-refractivity contribution in [2.45, 2.75) is 27.0 Å². The highest BCUT2D eigenvalue weighted by molar-refractivity contribution is 5.41. The van der Waals surface area contributed by atoms with Gasteiger partial charge in [0.25, 0.3) is 0 Å². The fourth-order valence-corrected chi connectivity index (χ4v) is 2.10. The molecule has 1 N–H and O–H groups in total. The maximum absolute atomic E-state index is 13.2. The van der Waals surface area contributed by atoms with Crippen molar-refractivity contribution in [1.82, 2.24) is 5.32 Å². The first-order valence-electron chi connectivity index (χ1n) is 6.97. The average molecular weight is 291 g/mol. The smallest absolute Gasteiger partial charge is 0.159 e. The number of rotatable bonds is 6. The molecule has 0 bridgehead atoms. The topological polar surface area (TPSA) is 21.3 Å². The van der Waals surface area contributed by atoms with Gasteiger partial charge in [0.2, 0.25) is 0 Å². The van der Waals surface area contributed by atoms with Gasteiger partial charge in [0.15, 0.2) is 11.6 Å². The lowest BCUT2D eigenvalue weighted by Crippen LogP contribution is -2.13. The van der Waals surface area contributed by atoms with Gasteiger partial charge in [-0.25, -0.2) is 8.78 Å². The Balaban J connectivity index is 2.13. The zero-order valence-electron chi connectivity index (χ0n) is 12.2. The summed E-state index contributed by atoms with van der Waals surface area (Å²) in [6, 6.07) is 9.75. The van der Waals surface area contributed by atoms with Gasteiger partial charge in [0.05, 0.1) is 0 Å². The summed E-state index contributed by atoms with van der Waals surface area (Å²) in [7, 11) is 0. The van der Waals surface area contributed by atoms with E-state index >= 15 is 0 Å². The molecule has 4 heteroatoms. The van der Waals surface area contributed by atoms with Gasteiger partial charge in [-0.1, -0.05) is 31.2 Å². The summed E-state index contributed by atoms with van der Waals surface area (Å²) in [6.45, 7) is 5.80. The first-order valence-corrected chi connectivity index (χ1v) is 6.97. The first-order chi connectivity index (χ1) is 10.1. The second-order valence-corrected chi connectivity index (χ2v) is 4.88. The van der Waals surface area contributed by atoms with Crippen LogP contribution in [0.5, 0.6) is 5.75 Å². The lowest BCUT2D eigenvalue weighted by molar-refractivity contribution is 0.299. The number of halogens is 2. The maximum Gasteiger partial charge on any atom is 0.159 e. The largest absolute Gasteiger partial charge is 0.488 e. The Hall–Kier alpha value is -1.94. The zero-order valence-corrected chi connectivity index (χ0v) is 12.2. The lowest BCUT2D eigenvalue weighted by Gasteiger charge is -2.14. The van der Waals surface area contributed by atoms with Crippen molar-refractivity contribution in [1.29, 1.82) is 0 Å². The van der Waals surface area contributed by atoms with Crippen LogP contribution >= 0.6 is 0 Å². The number of benzene rings is 2. The van der Waals surface area contributed by atoms with Gasteiger partial charge < -0.3 is 10.1 Å². The van der Waals surface area contributed by atoms with Gasteiger partial charge in [0, 0.05) is 12.1 Å². The molecule has 2 rings (SSSR count). The molecule has 0 radical (unpaired) electrons. The summed E-state index contributed by atoms with van der Waals surface area (Å²) >= 11 is 0. The second-order valence-electron chi connectivity index (χ2n) is 4.88. The van der Waals surface area contributed by atoms with Crippen LogP contribution in [0.25, 0.3) is 0 Å². The Labute approximate surface area is 123 Å². The molecule has 0 amide bonds. The van der Waals surface area contributed by atoms with E-state index in [1.165, 1.54) is 6.07 Å². The number of ether oxygens (including phenoxy) is 1. The molecule has 21 heavy (non-hydrogen) atoms. The van der Waals surface area contributed by atoms with Crippen LogP contribution in [-0.2, 0) is 13.2 Å². The molecule has 0 saturated heterocycles. The summed E-state index contributed by atoms with van der Waals surface area (Å²) in [5.41, 5.74) is 2.68. The number of hydrogen-bond donors (Lipinski definition) is 1. The molecule has 2 aromatic carbocycles.